The number of hydrogen-bond acceptors (Lipinski definition) is 2. The number of rotatable bonds is 12. The summed E-state index contributed by atoms with van der Waals surface area (Å²) in [5.41, 5.74) is 0. The van der Waals surface area contributed by atoms with Gasteiger partial charge in [0.15, 0.2) is 0 Å². The van der Waals surface area contributed by atoms with Gasteiger partial charge in [0.1, 0.15) is 0 Å². The number of allylic oxidation sites excluding steroid dienone is 8. The molecule has 2 aliphatic rings. The van der Waals surface area contributed by atoms with Crippen LogP contribution in [0.5, 0.6) is 11.5 Å². The Balaban J connectivity index is 2.12. The van der Waals surface area contributed by atoms with Gasteiger partial charge in [-0.25, -0.2) is 0 Å². The Morgan fingerprint density at radius 3 is 1.17 bits per heavy atom. The SMILES string of the molecule is CCCCOc1c(F)c(F)[c]([Ti]([C]2=CC=CC2)([C]2=CC=CC2)[c]2c(F)c(F)c(OCCCC)c(F)c2F)c(F)c1F. The first-order valence-electron chi connectivity index (χ1n) is 13.3. The molecule has 0 fully saturated rings. The van der Waals surface area contributed by atoms with Crippen molar-refractivity contribution in [3.05, 3.63) is 90.7 Å². The predicted octanol–water partition coefficient (Wildman–Crippen LogP) is 7.95. The van der Waals surface area contributed by atoms with Crippen LogP contribution in [0.25, 0.3) is 0 Å². The molecule has 0 atom stereocenters. The third kappa shape index (κ3) is 5.29. The molecular formula is C30H28F8O2Ti. The second-order valence-corrected chi connectivity index (χ2v) is 15.6. The summed E-state index contributed by atoms with van der Waals surface area (Å²) in [5, 5.41) is 0. The van der Waals surface area contributed by atoms with Crippen molar-refractivity contribution in [3.63, 3.8) is 0 Å². The molecular weight excluding hydrogens is 592 g/mol. The van der Waals surface area contributed by atoms with Crippen molar-refractivity contribution in [1.82, 2.24) is 0 Å². The van der Waals surface area contributed by atoms with Crippen LogP contribution in [0.15, 0.2) is 44.2 Å². The third-order valence-corrected chi connectivity index (χ3v) is 15.1. The standard InChI is InChI=1S/2C10H9F4O.2C5H5.Ti/c2*1-2-3-4-15-10-8(13)6(11)5-7(12)9(10)14;2*1-2-4-5-3-1;/h2*2-4H2,1H3;2*1-3H,4H2;. The molecule has 41 heavy (non-hydrogen) atoms. The van der Waals surface area contributed by atoms with Crippen LogP contribution in [0.4, 0.5) is 35.1 Å². The third-order valence-electron chi connectivity index (χ3n) is 7.19. The van der Waals surface area contributed by atoms with Crippen LogP contribution in [0.2, 0.25) is 0 Å². The van der Waals surface area contributed by atoms with Gasteiger partial charge in [0.25, 0.3) is 0 Å². The van der Waals surface area contributed by atoms with E-state index >= 15 is 35.1 Å². The summed E-state index contributed by atoms with van der Waals surface area (Å²) in [6, 6.07) is 0. The molecule has 220 valence electrons. The van der Waals surface area contributed by atoms with Crippen LogP contribution in [0, 0.1) is 46.5 Å². The number of ether oxygens (including phenoxy) is 2. The van der Waals surface area contributed by atoms with Gasteiger partial charge in [0.2, 0.25) is 0 Å². The van der Waals surface area contributed by atoms with E-state index in [0.717, 1.165) is 0 Å². The summed E-state index contributed by atoms with van der Waals surface area (Å²) in [5.74, 6) is -18.0. The maximum absolute atomic E-state index is 16.1. The molecule has 2 aromatic carbocycles. The summed E-state index contributed by atoms with van der Waals surface area (Å²) in [6.45, 7) is 3.02. The zero-order valence-corrected chi connectivity index (χ0v) is 24.0. The quantitative estimate of drug-likeness (QED) is 0.104. The summed E-state index contributed by atoms with van der Waals surface area (Å²) < 4.78 is 134. The molecule has 2 aliphatic carbocycles. The zero-order chi connectivity index (χ0) is 29.9. The van der Waals surface area contributed by atoms with E-state index in [2.05, 4.69) is 0 Å². The molecule has 0 bridgehead atoms. The summed E-state index contributed by atoms with van der Waals surface area (Å²) in [4.78, 5) is 0. The first-order chi connectivity index (χ1) is 19.6. The van der Waals surface area contributed by atoms with Crippen molar-refractivity contribution in [2.24, 2.45) is 0 Å². The van der Waals surface area contributed by atoms with Gasteiger partial charge in [-0.15, -0.1) is 0 Å². The van der Waals surface area contributed by atoms with Crippen LogP contribution in [0.3, 0.4) is 0 Å². The average Bonchev–Trinajstić information content (AvgIpc) is 3.70. The fraction of sp³-hybridized carbons (Fsp3) is 0.333. The maximum atomic E-state index is 16.1. The molecule has 2 aromatic rings. The molecule has 0 saturated carbocycles. The first kappa shape index (κ1) is 31.1. The van der Waals surface area contributed by atoms with Crippen LogP contribution in [0.1, 0.15) is 52.4 Å². The van der Waals surface area contributed by atoms with Gasteiger partial charge in [-0.2, -0.15) is 0 Å². The molecule has 0 N–H and O–H groups in total. The molecule has 4 rings (SSSR count). The van der Waals surface area contributed by atoms with Gasteiger partial charge >= 0.3 is 237 Å². The molecule has 0 saturated heterocycles. The summed E-state index contributed by atoms with van der Waals surface area (Å²) >= 11 is -5.87. The van der Waals surface area contributed by atoms with E-state index in [1.54, 1.807) is 13.8 Å². The van der Waals surface area contributed by atoms with Gasteiger partial charge in [-0.1, -0.05) is 0 Å². The Bertz CT molecular complexity index is 1290. The number of unbranched alkanes of at least 4 members (excludes halogenated alkanes) is 2. The van der Waals surface area contributed by atoms with Gasteiger partial charge in [0.05, 0.1) is 0 Å². The Hall–Kier alpha value is -2.85. The molecule has 0 spiro atoms. The predicted molar refractivity (Wildman–Crippen MR) is 136 cm³/mol. The Kier molecular flexibility index (Phi) is 9.85. The molecule has 0 aromatic heterocycles. The number of halogens is 8. The Labute approximate surface area is 236 Å². The van der Waals surface area contributed by atoms with Crippen molar-refractivity contribution in [1.29, 1.82) is 0 Å². The Morgan fingerprint density at radius 1 is 0.561 bits per heavy atom. The van der Waals surface area contributed by atoms with Crippen molar-refractivity contribution in [3.8, 4) is 11.5 Å². The topological polar surface area (TPSA) is 18.5 Å². The monoisotopic (exact) mass is 620 g/mol. The second kappa shape index (κ2) is 13.0. The molecule has 0 aliphatic heterocycles. The molecule has 0 heterocycles. The van der Waals surface area contributed by atoms with E-state index in [4.69, 9.17) is 9.47 Å². The molecule has 0 unspecified atom stereocenters. The molecule has 2 nitrogen and oxygen atoms in total. The van der Waals surface area contributed by atoms with E-state index in [1.807, 2.05) is 0 Å². The zero-order valence-electron chi connectivity index (χ0n) is 22.5. The fourth-order valence-electron chi connectivity index (χ4n) is 5.20. The van der Waals surface area contributed by atoms with E-state index in [9.17, 15) is 0 Å². The van der Waals surface area contributed by atoms with E-state index < -0.39 is 82.4 Å². The minimum absolute atomic E-state index is 0.0208. The van der Waals surface area contributed by atoms with Crippen molar-refractivity contribution >= 4 is 7.74 Å². The average molecular weight is 620 g/mol. The van der Waals surface area contributed by atoms with Gasteiger partial charge < -0.3 is 0 Å². The van der Waals surface area contributed by atoms with Crippen molar-refractivity contribution in [2.45, 2.75) is 52.4 Å². The number of hydrogen-bond donors (Lipinski definition) is 0. The van der Waals surface area contributed by atoms with Crippen molar-refractivity contribution < 1.29 is 61.2 Å². The van der Waals surface area contributed by atoms with Crippen LogP contribution < -0.4 is 17.2 Å². The molecule has 0 radical (unpaired) electrons. The first-order valence-corrected chi connectivity index (χ1v) is 16.5. The van der Waals surface area contributed by atoms with Crippen LogP contribution in [-0.4, -0.2) is 13.2 Å². The van der Waals surface area contributed by atoms with E-state index in [1.165, 1.54) is 36.5 Å². The van der Waals surface area contributed by atoms with Crippen molar-refractivity contribution in [2.75, 3.05) is 13.2 Å². The second-order valence-electron chi connectivity index (χ2n) is 9.72. The fourth-order valence-corrected chi connectivity index (χ4v) is 13.4. The van der Waals surface area contributed by atoms with Crippen LogP contribution >= 0.6 is 0 Å². The van der Waals surface area contributed by atoms with Gasteiger partial charge in [0, 0.05) is 0 Å². The summed E-state index contributed by atoms with van der Waals surface area (Å²) in [7, 11) is 0. The molecule has 11 heteroatoms. The van der Waals surface area contributed by atoms with Gasteiger partial charge in [-0.05, 0) is 0 Å². The number of benzene rings is 2. The molecule has 0 amide bonds. The normalized spacial score (nSPS) is 14.6. The Morgan fingerprint density at radius 2 is 0.902 bits per heavy atom. The van der Waals surface area contributed by atoms with E-state index in [-0.39, 0.29) is 33.8 Å². The van der Waals surface area contributed by atoms with Crippen LogP contribution in [-0.2, 0) is 16.6 Å². The van der Waals surface area contributed by atoms with Gasteiger partial charge in [-0.3, -0.25) is 0 Å². The minimum atomic E-state index is -5.87. The van der Waals surface area contributed by atoms with E-state index in [0.29, 0.717) is 25.7 Å². The summed E-state index contributed by atoms with van der Waals surface area (Å²) in [6.07, 6.45) is 10.1.